The topological polar surface area (TPSA) is 72.2 Å². The molecular weight excluding hydrogens is 192 g/mol. The molecule has 0 atom stereocenters. The van der Waals surface area contributed by atoms with Crippen LogP contribution >= 0.6 is 11.6 Å². The third kappa shape index (κ3) is 0.990. The number of rotatable bonds is 0. The normalized spacial score (nSPS) is 14.2. The summed E-state index contributed by atoms with van der Waals surface area (Å²) in [5.74, 6) is -0.917. The van der Waals surface area contributed by atoms with Crippen molar-refractivity contribution in [2.75, 3.05) is 5.73 Å². The van der Waals surface area contributed by atoms with E-state index in [9.17, 15) is 9.59 Å². The first-order valence-electron chi connectivity index (χ1n) is 3.55. The van der Waals surface area contributed by atoms with Gasteiger partial charge < -0.3 is 5.73 Å². The summed E-state index contributed by atoms with van der Waals surface area (Å²) < 4.78 is 0. The molecule has 0 fully saturated rings. The second-order valence-corrected chi connectivity index (χ2v) is 3.05. The summed E-state index contributed by atoms with van der Waals surface area (Å²) in [5.41, 5.74) is 6.23. The molecule has 2 amide bonds. The number of benzene rings is 1. The van der Waals surface area contributed by atoms with E-state index in [0.717, 1.165) is 0 Å². The van der Waals surface area contributed by atoms with Gasteiger partial charge in [0.25, 0.3) is 11.8 Å². The van der Waals surface area contributed by atoms with Crippen molar-refractivity contribution in [2.45, 2.75) is 0 Å². The monoisotopic (exact) mass is 196 g/mol. The van der Waals surface area contributed by atoms with Crippen LogP contribution in [0.2, 0.25) is 5.02 Å². The van der Waals surface area contributed by atoms with Gasteiger partial charge in [0.05, 0.1) is 21.8 Å². The highest BCUT2D eigenvalue weighted by Crippen LogP contribution is 2.29. The van der Waals surface area contributed by atoms with Crippen LogP contribution in [0.3, 0.4) is 0 Å². The Morgan fingerprint density at radius 3 is 2.62 bits per heavy atom. The van der Waals surface area contributed by atoms with E-state index in [1.165, 1.54) is 12.1 Å². The van der Waals surface area contributed by atoms with Crippen molar-refractivity contribution in [3.63, 3.8) is 0 Å². The lowest BCUT2D eigenvalue weighted by Gasteiger charge is -2.00. The quantitative estimate of drug-likeness (QED) is 0.476. The van der Waals surface area contributed by atoms with Gasteiger partial charge in [0, 0.05) is 0 Å². The van der Waals surface area contributed by atoms with E-state index in [2.05, 4.69) is 5.32 Å². The van der Waals surface area contributed by atoms with Crippen molar-refractivity contribution in [3.05, 3.63) is 28.3 Å². The molecule has 1 aliphatic rings. The average Bonchev–Trinajstić information content (AvgIpc) is 2.35. The predicted octanol–water partition coefficient (Wildman–Crippen LogP) is 0.806. The number of anilines is 1. The highest BCUT2D eigenvalue weighted by molar-refractivity contribution is 6.39. The van der Waals surface area contributed by atoms with Crippen LogP contribution in [-0.4, -0.2) is 11.8 Å². The maximum absolute atomic E-state index is 11.2. The number of carbonyl (C=O) groups excluding carboxylic acids is 2. The minimum absolute atomic E-state index is 0.140. The number of nitrogens with two attached hydrogens (primary N) is 1. The van der Waals surface area contributed by atoms with Crippen molar-refractivity contribution in [3.8, 4) is 0 Å². The fourth-order valence-corrected chi connectivity index (χ4v) is 1.49. The standard InChI is InChI=1S/C8H5ClN2O2/c9-6-4(10)2-1-3-5(6)8(13)11-7(3)12/h1-2H,10H2,(H,11,12,13). The Hall–Kier alpha value is -1.55. The SMILES string of the molecule is Nc1ccc2c(c1Cl)C(=O)NC2=O. The first kappa shape index (κ1) is 8.07. The number of hydrogen-bond acceptors (Lipinski definition) is 3. The summed E-state index contributed by atoms with van der Waals surface area (Å²) in [5, 5.41) is 2.27. The van der Waals surface area contributed by atoms with E-state index in [1.807, 2.05) is 0 Å². The zero-order valence-electron chi connectivity index (χ0n) is 6.43. The lowest BCUT2D eigenvalue weighted by atomic mass is 10.1. The molecule has 66 valence electrons. The molecule has 5 heteroatoms. The van der Waals surface area contributed by atoms with Crippen molar-refractivity contribution < 1.29 is 9.59 Å². The molecule has 1 aliphatic heterocycles. The Labute approximate surface area is 78.7 Å². The summed E-state index contributed by atoms with van der Waals surface area (Å²) in [6.45, 7) is 0. The zero-order chi connectivity index (χ0) is 9.59. The van der Waals surface area contributed by atoms with E-state index in [1.54, 1.807) is 0 Å². The van der Waals surface area contributed by atoms with Crippen molar-refractivity contribution in [2.24, 2.45) is 0 Å². The predicted molar refractivity (Wildman–Crippen MR) is 47.7 cm³/mol. The average molecular weight is 197 g/mol. The van der Waals surface area contributed by atoms with Crippen molar-refractivity contribution in [1.82, 2.24) is 5.32 Å². The molecule has 2 rings (SSSR count). The van der Waals surface area contributed by atoms with Crippen LogP contribution in [0.5, 0.6) is 0 Å². The smallest absolute Gasteiger partial charge is 0.260 e. The van der Waals surface area contributed by atoms with Gasteiger partial charge in [-0.2, -0.15) is 0 Å². The molecule has 0 saturated heterocycles. The van der Waals surface area contributed by atoms with Crippen molar-refractivity contribution >= 4 is 29.1 Å². The van der Waals surface area contributed by atoms with Gasteiger partial charge in [0.2, 0.25) is 0 Å². The highest BCUT2D eigenvalue weighted by atomic mass is 35.5. The summed E-state index contributed by atoms with van der Waals surface area (Å²) in [6, 6.07) is 2.98. The Morgan fingerprint density at radius 1 is 1.23 bits per heavy atom. The molecule has 1 heterocycles. The largest absolute Gasteiger partial charge is 0.398 e. The van der Waals surface area contributed by atoms with Crippen LogP contribution in [0.15, 0.2) is 12.1 Å². The van der Waals surface area contributed by atoms with E-state index < -0.39 is 11.8 Å². The van der Waals surface area contributed by atoms with E-state index >= 15 is 0 Å². The summed E-state index contributed by atoms with van der Waals surface area (Å²) in [7, 11) is 0. The second kappa shape index (κ2) is 2.47. The Kier molecular flexibility index (Phi) is 1.53. The fraction of sp³-hybridized carbons (Fsp3) is 0. The number of imide groups is 1. The summed E-state index contributed by atoms with van der Waals surface area (Å²) in [4.78, 5) is 22.3. The Morgan fingerprint density at radius 2 is 1.92 bits per heavy atom. The van der Waals surface area contributed by atoms with Gasteiger partial charge in [-0.1, -0.05) is 11.6 Å². The third-order valence-corrected chi connectivity index (χ3v) is 2.28. The van der Waals surface area contributed by atoms with E-state index in [-0.39, 0.29) is 16.1 Å². The third-order valence-electron chi connectivity index (χ3n) is 1.87. The fourth-order valence-electron chi connectivity index (χ4n) is 1.24. The van der Waals surface area contributed by atoms with Gasteiger partial charge in [0.15, 0.2) is 0 Å². The molecule has 1 aromatic rings. The molecule has 0 unspecified atom stereocenters. The number of hydrogen-bond donors (Lipinski definition) is 2. The summed E-state index contributed by atoms with van der Waals surface area (Å²) in [6.07, 6.45) is 0. The molecule has 0 saturated carbocycles. The molecule has 0 radical (unpaired) electrons. The number of nitrogens with one attached hydrogen (secondary N) is 1. The Balaban J connectivity index is 2.78. The second-order valence-electron chi connectivity index (χ2n) is 2.67. The minimum Gasteiger partial charge on any atom is -0.398 e. The van der Waals surface area contributed by atoms with Crippen LogP contribution in [0.25, 0.3) is 0 Å². The molecule has 1 aromatic carbocycles. The molecule has 0 spiro atoms. The van der Waals surface area contributed by atoms with Crippen LogP contribution in [0, 0.1) is 0 Å². The highest BCUT2D eigenvalue weighted by Gasteiger charge is 2.29. The Bertz CT molecular complexity index is 428. The van der Waals surface area contributed by atoms with Gasteiger partial charge in [-0.15, -0.1) is 0 Å². The maximum atomic E-state index is 11.2. The molecule has 0 bridgehead atoms. The number of fused-ring (bicyclic) bond motifs is 1. The summed E-state index contributed by atoms with van der Waals surface area (Å²) >= 11 is 5.76. The number of amides is 2. The first-order valence-corrected chi connectivity index (χ1v) is 3.92. The van der Waals surface area contributed by atoms with Gasteiger partial charge in [-0.25, -0.2) is 0 Å². The van der Waals surface area contributed by atoms with Gasteiger partial charge in [-0.05, 0) is 12.1 Å². The van der Waals surface area contributed by atoms with Crippen molar-refractivity contribution in [1.29, 1.82) is 0 Å². The number of carbonyl (C=O) groups is 2. The van der Waals surface area contributed by atoms with Crippen LogP contribution in [-0.2, 0) is 0 Å². The minimum atomic E-state index is -0.489. The van der Waals surface area contributed by atoms with Crippen LogP contribution in [0.4, 0.5) is 5.69 Å². The lowest BCUT2D eigenvalue weighted by molar-refractivity contribution is 0.0879. The molecule has 0 aromatic heterocycles. The van der Waals surface area contributed by atoms with Gasteiger partial charge in [-0.3, -0.25) is 14.9 Å². The lowest BCUT2D eigenvalue weighted by Crippen LogP contribution is -2.20. The van der Waals surface area contributed by atoms with Crippen LogP contribution < -0.4 is 11.1 Å². The molecule has 13 heavy (non-hydrogen) atoms. The van der Waals surface area contributed by atoms with Gasteiger partial charge in [0.1, 0.15) is 0 Å². The molecule has 4 nitrogen and oxygen atoms in total. The van der Waals surface area contributed by atoms with Crippen LogP contribution in [0.1, 0.15) is 20.7 Å². The van der Waals surface area contributed by atoms with E-state index in [4.69, 9.17) is 17.3 Å². The molecule has 0 aliphatic carbocycles. The molecule has 3 N–H and O–H groups in total. The molecular formula is C8H5ClN2O2. The maximum Gasteiger partial charge on any atom is 0.260 e. The first-order chi connectivity index (χ1) is 6.11. The number of halogens is 1. The van der Waals surface area contributed by atoms with Gasteiger partial charge >= 0.3 is 0 Å². The number of nitrogen functional groups attached to an aromatic ring is 1. The van der Waals surface area contributed by atoms with E-state index in [0.29, 0.717) is 5.69 Å². The zero-order valence-corrected chi connectivity index (χ0v) is 7.18.